The molecule has 0 aliphatic carbocycles. The Bertz CT molecular complexity index is 1020. The van der Waals surface area contributed by atoms with Gasteiger partial charge in [0.1, 0.15) is 17.1 Å². The molecular weight excluding hydrogens is 425 g/mol. The van der Waals surface area contributed by atoms with Crippen molar-refractivity contribution in [2.24, 2.45) is 5.92 Å². The Kier molecular flexibility index (Phi) is 6.43. The van der Waals surface area contributed by atoms with Gasteiger partial charge >= 0.3 is 6.18 Å². The van der Waals surface area contributed by atoms with Crippen molar-refractivity contribution >= 4 is 22.6 Å². The molecule has 32 heavy (non-hydrogen) atoms. The van der Waals surface area contributed by atoms with E-state index in [-0.39, 0.29) is 32.0 Å². The molecule has 3 heterocycles. The van der Waals surface area contributed by atoms with Gasteiger partial charge in [0.15, 0.2) is 0 Å². The minimum atomic E-state index is -4.40. The zero-order valence-electron chi connectivity index (χ0n) is 17.3. The topological polar surface area (TPSA) is 94.4 Å². The molecule has 1 N–H and O–H groups in total. The first-order chi connectivity index (χ1) is 15.3. The van der Waals surface area contributed by atoms with Gasteiger partial charge < -0.3 is 15.0 Å². The molecule has 1 aromatic heterocycles. The zero-order chi connectivity index (χ0) is 22.7. The number of morpholine rings is 1. The van der Waals surface area contributed by atoms with Crippen LogP contribution >= 0.6 is 0 Å². The molecule has 0 saturated carbocycles. The van der Waals surface area contributed by atoms with Crippen LogP contribution in [0.25, 0.3) is 11.0 Å². The SMILES string of the molecule is N#Cc1ccc(N2CC(NC(=O)CN3CCOCC3)CC(C(F)(F)F)C2)c2nccnc12. The van der Waals surface area contributed by atoms with Crippen molar-refractivity contribution in [1.82, 2.24) is 20.2 Å². The summed E-state index contributed by atoms with van der Waals surface area (Å²) in [5.74, 6) is -1.91. The molecular formula is C21H23F3N6O2. The van der Waals surface area contributed by atoms with Crippen LogP contribution in [0.1, 0.15) is 12.0 Å². The molecule has 0 radical (unpaired) electrons. The number of piperidine rings is 1. The second-order valence-electron chi connectivity index (χ2n) is 8.03. The van der Waals surface area contributed by atoms with E-state index in [1.807, 2.05) is 11.0 Å². The largest absolute Gasteiger partial charge is 0.393 e. The maximum absolute atomic E-state index is 13.7. The Morgan fingerprint density at radius 1 is 1.19 bits per heavy atom. The summed E-state index contributed by atoms with van der Waals surface area (Å²) >= 11 is 0. The van der Waals surface area contributed by atoms with E-state index in [1.165, 1.54) is 18.5 Å². The molecule has 2 unspecified atom stereocenters. The molecule has 0 spiro atoms. The summed E-state index contributed by atoms with van der Waals surface area (Å²) in [7, 11) is 0. The standard InChI is InChI=1S/C21H23F3N6O2/c22-21(23,24)15-9-16(28-18(31)13-29-5-7-32-8-6-29)12-30(11-15)17-2-1-14(10-25)19-20(17)27-4-3-26-19/h1-4,15-16H,5-9,11-13H2,(H,28,31). The lowest BCUT2D eigenvalue weighted by Crippen LogP contribution is -2.55. The minimum absolute atomic E-state index is 0.127. The van der Waals surface area contributed by atoms with Gasteiger partial charge in [0.25, 0.3) is 0 Å². The Balaban J connectivity index is 1.56. The van der Waals surface area contributed by atoms with Crippen LogP contribution in [0.15, 0.2) is 24.5 Å². The summed E-state index contributed by atoms with van der Waals surface area (Å²) in [6, 6.07) is 4.50. The number of hydrogen-bond acceptors (Lipinski definition) is 7. The first-order valence-corrected chi connectivity index (χ1v) is 10.4. The molecule has 8 nitrogen and oxygen atoms in total. The lowest BCUT2D eigenvalue weighted by Gasteiger charge is -2.40. The van der Waals surface area contributed by atoms with E-state index in [0.29, 0.717) is 48.6 Å². The van der Waals surface area contributed by atoms with Gasteiger partial charge in [-0.2, -0.15) is 18.4 Å². The molecule has 1 amide bonds. The highest BCUT2D eigenvalue weighted by molar-refractivity contribution is 5.92. The summed E-state index contributed by atoms with van der Waals surface area (Å²) in [4.78, 5) is 24.5. The normalized spacial score (nSPS) is 22.5. The fourth-order valence-corrected chi connectivity index (χ4v) is 4.26. The Morgan fingerprint density at radius 2 is 1.91 bits per heavy atom. The number of anilines is 1. The molecule has 2 aliphatic heterocycles. The van der Waals surface area contributed by atoms with Crippen molar-refractivity contribution in [3.63, 3.8) is 0 Å². The molecule has 4 rings (SSSR count). The number of halogens is 3. The number of hydrogen-bond donors (Lipinski definition) is 1. The Hall–Kier alpha value is -2.97. The van der Waals surface area contributed by atoms with E-state index in [1.54, 1.807) is 11.0 Å². The van der Waals surface area contributed by atoms with Gasteiger partial charge in [0.2, 0.25) is 5.91 Å². The van der Waals surface area contributed by atoms with Crippen LogP contribution in [-0.4, -0.2) is 78.9 Å². The lowest BCUT2D eigenvalue weighted by atomic mass is 9.92. The second-order valence-corrected chi connectivity index (χ2v) is 8.03. The highest BCUT2D eigenvalue weighted by Crippen LogP contribution is 2.36. The second kappa shape index (κ2) is 9.26. The van der Waals surface area contributed by atoms with Crippen molar-refractivity contribution < 1.29 is 22.7 Å². The first kappa shape index (κ1) is 22.2. The third-order valence-electron chi connectivity index (χ3n) is 5.81. The van der Waals surface area contributed by atoms with Crippen LogP contribution in [0.4, 0.5) is 18.9 Å². The van der Waals surface area contributed by atoms with E-state index in [4.69, 9.17) is 4.74 Å². The molecule has 2 aliphatic rings. The van der Waals surface area contributed by atoms with E-state index >= 15 is 0 Å². The number of nitriles is 1. The Labute approximate surface area is 183 Å². The van der Waals surface area contributed by atoms with Gasteiger partial charge in [-0.05, 0) is 18.6 Å². The number of ether oxygens (including phenoxy) is 1. The quantitative estimate of drug-likeness (QED) is 0.761. The number of benzene rings is 1. The molecule has 2 fully saturated rings. The minimum Gasteiger partial charge on any atom is -0.379 e. The molecule has 11 heteroatoms. The highest BCUT2D eigenvalue weighted by atomic mass is 19.4. The maximum atomic E-state index is 13.7. The number of amides is 1. The number of rotatable bonds is 4. The molecule has 170 valence electrons. The number of aromatic nitrogens is 2. The molecule has 0 bridgehead atoms. The first-order valence-electron chi connectivity index (χ1n) is 10.4. The van der Waals surface area contributed by atoms with Gasteiger partial charge in [-0.15, -0.1) is 0 Å². The van der Waals surface area contributed by atoms with E-state index < -0.39 is 18.1 Å². The summed E-state index contributed by atoms with van der Waals surface area (Å²) in [5.41, 5.74) is 1.48. The van der Waals surface area contributed by atoms with Gasteiger partial charge in [0.05, 0.1) is 36.9 Å². The lowest BCUT2D eigenvalue weighted by molar-refractivity contribution is -0.178. The molecule has 1 aromatic carbocycles. The number of nitrogens with zero attached hydrogens (tertiary/aromatic N) is 5. The summed E-state index contributed by atoms with van der Waals surface area (Å²) in [5, 5.41) is 12.1. The van der Waals surface area contributed by atoms with Crippen LogP contribution < -0.4 is 10.2 Å². The summed E-state index contributed by atoms with van der Waals surface area (Å²) < 4.78 is 46.4. The zero-order valence-corrected chi connectivity index (χ0v) is 17.3. The number of alkyl halides is 3. The summed E-state index contributed by atoms with van der Waals surface area (Å²) in [6.45, 7) is 2.38. The van der Waals surface area contributed by atoms with Crippen molar-refractivity contribution in [3.8, 4) is 6.07 Å². The van der Waals surface area contributed by atoms with Crippen LogP contribution in [0.2, 0.25) is 0 Å². The molecule has 2 aromatic rings. The predicted octanol–water partition coefficient (Wildman–Crippen LogP) is 1.71. The number of carbonyl (C=O) groups excluding carboxylic acids is 1. The summed E-state index contributed by atoms with van der Waals surface area (Å²) in [6.07, 6.45) is -1.70. The average molecular weight is 448 g/mol. The maximum Gasteiger partial charge on any atom is 0.393 e. The smallest absolute Gasteiger partial charge is 0.379 e. The van der Waals surface area contributed by atoms with Crippen LogP contribution in [0.5, 0.6) is 0 Å². The van der Waals surface area contributed by atoms with E-state index in [9.17, 15) is 23.2 Å². The van der Waals surface area contributed by atoms with Gasteiger partial charge in [0, 0.05) is 44.6 Å². The number of nitrogens with one attached hydrogen (secondary N) is 1. The molecule has 2 saturated heterocycles. The van der Waals surface area contributed by atoms with Crippen LogP contribution in [0, 0.1) is 17.2 Å². The Morgan fingerprint density at radius 3 is 2.59 bits per heavy atom. The third-order valence-corrected chi connectivity index (χ3v) is 5.81. The van der Waals surface area contributed by atoms with Gasteiger partial charge in [-0.25, -0.2) is 0 Å². The highest BCUT2D eigenvalue weighted by Gasteiger charge is 2.45. The predicted molar refractivity (Wildman–Crippen MR) is 110 cm³/mol. The van der Waals surface area contributed by atoms with E-state index in [2.05, 4.69) is 15.3 Å². The van der Waals surface area contributed by atoms with Crippen molar-refractivity contribution in [3.05, 3.63) is 30.1 Å². The van der Waals surface area contributed by atoms with Crippen molar-refractivity contribution in [2.75, 3.05) is 50.8 Å². The van der Waals surface area contributed by atoms with Gasteiger partial charge in [-0.1, -0.05) is 0 Å². The fourth-order valence-electron chi connectivity index (χ4n) is 4.26. The van der Waals surface area contributed by atoms with Crippen LogP contribution in [-0.2, 0) is 9.53 Å². The molecule has 2 atom stereocenters. The van der Waals surface area contributed by atoms with E-state index in [0.717, 1.165) is 0 Å². The van der Waals surface area contributed by atoms with Crippen LogP contribution in [0.3, 0.4) is 0 Å². The number of fused-ring (bicyclic) bond motifs is 1. The van der Waals surface area contributed by atoms with Crippen molar-refractivity contribution in [1.29, 1.82) is 5.26 Å². The monoisotopic (exact) mass is 448 g/mol. The average Bonchev–Trinajstić information content (AvgIpc) is 2.78. The third kappa shape index (κ3) is 4.92. The van der Waals surface area contributed by atoms with Gasteiger partial charge in [-0.3, -0.25) is 19.7 Å². The van der Waals surface area contributed by atoms with Crippen molar-refractivity contribution in [2.45, 2.75) is 18.6 Å². The number of carbonyl (C=O) groups is 1. The fraction of sp³-hybridized carbons (Fsp3) is 0.524.